The summed E-state index contributed by atoms with van der Waals surface area (Å²) in [5.74, 6) is -1.54. The van der Waals surface area contributed by atoms with Crippen LogP contribution in [0.25, 0.3) is 0 Å². The Bertz CT molecular complexity index is 421. The SMILES string of the molecule is CN(C)CCC(=O)Cc1c(F)ccc(Br)c1F. The van der Waals surface area contributed by atoms with E-state index in [1.807, 2.05) is 19.0 Å². The molecule has 0 saturated carbocycles. The van der Waals surface area contributed by atoms with Crippen molar-refractivity contribution in [2.75, 3.05) is 20.6 Å². The van der Waals surface area contributed by atoms with Crippen molar-refractivity contribution in [1.82, 2.24) is 4.90 Å². The molecule has 0 saturated heterocycles. The maximum absolute atomic E-state index is 13.6. The Labute approximate surface area is 108 Å². The fraction of sp³-hybridized carbons (Fsp3) is 0.417. The van der Waals surface area contributed by atoms with Crippen LogP contribution in [0.15, 0.2) is 16.6 Å². The predicted octanol–water partition coefficient (Wildman–Crippen LogP) is 2.79. The maximum atomic E-state index is 13.6. The lowest BCUT2D eigenvalue weighted by Gasteiger charge is -2.09. The molecule has 0 unspecified atom stereocenters. The van der Waals surface area contributed by atoms with Crippen molar-refractivity contribution >= 4 is 21.7 Å². The summed E-state index contributed by atoms with van der Waals surface area (Å²) in [7, 11) is 3.68. The van der Waals surface area contributed by atoms with Crippen LogP contribution in [0.2, 0.25) is 0 Å². The molecular weight excluding hydrogens is 292 g/mol. The second-order valence-electron chi connectivity index (χ2n) is 4.09. The number of nitrogens with zero attached hydrogens (tertiary/aromatic N) is 1. The van der Waals surface area contributed by atoms with Crippen molar-refractivity contribution in [3.8, 4) is 0 Å². The number of carbonyl (C=O) groups is 1. The van der Waals surface area contributed by atoms with Crippen LogP contribution in [0.3, 0.4) is 0 Å². The molecule has 0 radical (unpaired) electrons. The second-order valence-corrected chi connectivity index (χ2v) is 4.94. The third-order valence-corrected chi connectivity index (χ3v) is 2.96. The molecule has 1 aromatic rings. The lowest BCUT2D eigenvalue weighted by atomic mass is 10.1. The number of hydrogen-bond donors (Lipinski definition) is 0. The number of Topliss-reactive ketones (excluding diaryl/α,β-unsaturated/α-hetero) is 1. The van der Waals surface area contributed by atoms with Gasteiger partial charge in [0.05, 0.1) is 4.47 Å². The fourth-order valence-corrected chi connectivity index (χ4v) is 1.74. The van der Waals surface area contributed by atoms with E-state index in [1.54, 1.807) is 0 Å². The highest BCUT2D eigenvalue weighted by Gasteiger charge is 2.15. The zero-order chi connectivity index (χ0) is 13.0. The Balaban J connectivity index is 2.74. The van der Waals surface area contributed by atoms with Crippen LogP contribution in [0.5, 0.6) is 0 Å². The van der Waals surface area contributed by atoms with Gasteiger partial charge < -0.3 is 4.90 Å². The molecule has 1 aromatic carbocycles. The normalized spacial score (nSPS) is 10.9. The number of benzene rings is 1. The Hall–Kier alpha value is -0.810. The van der Waals surface area contributed by atoms with E-state index < -0.39 is 11.6 Å². The van der Waals surface area contributed by atoms with E-state index in [1.165, 1.54) is 6.07 Å². The largest absolute Gasteiger partial charge is 0.309 e. The zero-order valence-corrected chi connectivity index (χ0v) is 11.4. The van der Waals surface area contributed by atoms with Gasteiger partial charge in [-0.2, -0.15) is 0 Å². The van der Waals surface area contributed by atoms with E-state index in [0.29, 0.717) is 13.0 Å². The first kappa shape index (κ1) is 14.3. The van der Waals surface area contributed by atoms with Gasteiger partial charge >= 0.3 is 0 Å². The number of rotatable bonds is 5. The fourth-order valence-electron chi connectivity index (χ4n) is 1.36. The van der Waals surface area contributed by atoms with Crippen molar-refractivity contribution in [2.45, 2.75) is 12.8 Å². The Morgan fingerprint density at radius 3 is 2.59 bits per heavy atom. The van der Waals surface area contributed by atoms with Gasteiger partial charge in [0, 0.05) is 24.9 Å². The number of carbonyl (C=O) groups excluding carboxylic acids is 1. The van der Waals surface area contributed by atoms with Crippen molar-refractivity contribution in [1.29, 1.82) is 0 Å². The minimum Gasteiger partial charge on any atom is -0.309 e. The molecule has 17 heavy (non-hydrogen) atoms. The maximum Gasteiger partial charge on any atom is 0.143 e. The molecule has 94 valence electrons. The smallest absolute Gasteiger partial charge is 0.143 e. The molecule has 0 aliphatic rings. The summed E-state index contributed by atoms with van der Waals surface area (Å²) >= 11 is 2.97. The molecule has 5 heteroatoms. The predicted molar refractivity (Wildman–Crippen MR) is 65.9 cm³/mol. The highest BCUT2D eigenvalue weighted by Crippen LogP contribution is 2.22. The van der Waals surface area contributed by atoms with Crippen LogP contribution >= 0.6 is 15.9 Å². The standard InChI is InChI=1S/C12H14BrF2NO/c1-16(2)6-5-8(17)7-9-11(14)4-3-10(13)12(9)15/h3-4H,5-7H2,1-2H3. The topological polar surface area (TPSA) is 20.3 Å². The van der Waals surface area contributed by atoms with E-state index in [-0.39, 0.29) is 22.2 Å². The Morgan fingerprint density at radius 1 is 1.35 bits per heavy atom. The first-order valence-electron chi connectivity index (χ1n) is 5.20. The van der Waals surface area contributed by atoms with Crippen LogP contribution in [0.1, 0.15) is 12.0 Å². The van der Waals surface area contributed by atoms with Crippen LogP contribution in [-0.4, -0.2) is 31.3 Å². The summed E-state index contributed by atoms with van der Waals surface area (Å²) < 4.78 is 27.1. The Kier molecular flexibility index (Phi) is 5.21. The first-order valence-corrected chi connectivity index (χ1v) is 6.00. The van der Waals surface area contributed by atoms with Gasteiger partial charge in [0.25, 0.3) is 0 Å². The quantitative estimate of drug-likeness (QED) is 0.780. The first-order chi connectivity index (χ1) is 7.91. The summed E-state index contributed by atoms with van der Waals surface area (Å²) in [4.78, 5) is 13.4. The summed E-state index contributed by atoms with van der Waals surface area (Å²) in [5, 5.41) is 0. The Morgan fingerprint density at radius 2 is 2.00 bits per heavy atom. The van der Waals surface area contributed by atoms with Gasteiger partial charge in [0.1, 0.15) is 17.4 Å². The minimum absolute atomic E-state index is 0.164. The van der Waals surface area contributed by atoms with E-state index in [4.69, 9.17) is 0 Å². The second kappa shape index (κ2) is 6.21. The third-order valence-electron chi connectivity index (χ3n) is 2.35. The minimum atomic E-state index is -0.691. The number of halogens is 3. The van der Waals surface area contributed by atoms with Crippen LogP contribution in [-0.2, 0) is 11.2 Å². The summed E-state index contributed by atoms with van der Waals surface area (Å²) in [6, 6.07) is 2.44. The van der Waals surface area contributed by atoms with Gasteiger partial charge in [-0.3, -0.25) is 4.79 Å². The van der Waals surface area contributed by atoms with E-state index in [9.17, 15) is 13.6 Å². The van der Waals surface area contributed by atoms with Crippen molar-refractivity contribution in [2.24, 2.45) is 0 Å². The average Bonchev–Trinajstić information content (AvgIpc) is 2.27. The van der Waals surface area contributed by atoms with E-state index in [2.05, 4.69) is 15.9 Å². The van der Waals surface area contributed by atoms with Crippen molar-refractivity contribution < 1.29 is 13.6 Å². The molecule has 0 bridgehead atoms. The van der Waals surface area contributed by atoms with Gasteiger partial charge in [-0.1, -0.05) is 0 Å². The monoisotopic (exact) mass is 305 g/mol. The molecule has 0 heterocycles. The summed E-state index contributed by atoms with van der Waals surface area (Å²) in [6.45, 7) is 0.579. The molecule has 0 N–H and O–H groups in total. The molecule has 1 rings (SSSR count). The highest BCUT2D eigenvalue weighted by molar-refractivity contribution is 9.10. The molecule has 0 fully saturated rings. The molecule has 0 spiro atoms. The van der Waals surface area contributed by atoms with Gasteiger partial charge in [-0.25, -0.2) is 8.78 Å². The molecule has 0 aliphatic heterocycles. The molecule has 0 atom stereocenters. The van der Waals surface area contributed by atoms with Gasteiger partial charge in [0.2, 0.25) is 0 Å². The van der Waals surface area contributed by atoms with Gasteiger partial charge in [-0.15, -0.1) is 0 Å². The number of ketones is 1. The zero-order valence-electron chi connectivity index (χ0n) is 9.77. The summed E-state index contributed by atoms with van der Waals surface area (Å²) in [6.07, 6.45) is 0.0866. The lowest BCUT2D eigenvalue weighted by molar-refractivity contribution is -0.118. The average molecular weight is 306 g/mol. The molecule has 2 nitrogen and oxygen atoms in total. The molecule has 0 aromatic heterocycles. The molecule has 0 aliphatic carbocycles. The van der Waals surface area contributed by atoms with Crippen molar-refractivity contribution in [3.05, 3.63) is 33.8 Å². The summed E-state index contributed by atoms with van der Waals surface area (Å²) in [5.41, 5.74) is -0.164. The molecular formula is C12H14BrF2NO. The third kappa shape index (κ3) is 4.16. The van der Waals surface area contributed by atoms with E-state index >= 15 is 0 Å². The van der Waals surface area contributed by atoms with Gasteiger partial charge in [-0.05, 0) is 42.2 Å². The highest BCUT2D eigenvalue weighted by atomic mass is 79.9. The lowest BCUT2D eigenvalue weighted by Crippen LogP contribution is -2.18. The number of hydrogen-bond acceptors (Lipinski definition) is 2. The van der Waals surface area contributed by atoms with Crippen molar-refractivity contribution in [3.63, 3.8) is 0 Å². The van der Waals surface area contributed by atoms with Crippen LogP contribution in [0.4, 0.5) is 8.78 Å². The molecule has 0 amide bonds. The van der Waals surface area contributed by atoms with Gasteiger partial charge in [0.15, 0.2) is 0 Å². The van der Waals surface area contributed by atoms with E-state index in [0.717, 1.165) is 6.07 Å². The van der Waals surface area contributed by atoms with Crippen LogP contribution < -0.4 is 0 Å². The van der Waals surface area contributed by atoms with Crippen LogP contribution in [0, 0.1) is 11.6 Å².